The highest BCUT2D eigenvalue weighted by Gasteiger charge is 2.31. The van der Waals surface area contributed by atoms with Crippen LogP contribution in [0, 0.1) is 0 Å². The number of hydrogen-bond donors (Lipinski definition) is 0. The Morgan fingerprint density at radius 2 is 1.97 bits per heavy atom. The fourth-order valence-corrected chi connectivity index (χ4v) is 3.19. The number of rotatable bonds is 7. The Balaban J connectivity index is 1.79. The second kappa shape index (κ2) is 9.23. The smallest absolute Gasteiger partial charge is 0.406 e. The topological polar surface area (TPSA) is 60.9 Å². The number of morpholine rings is 1. The predicted molar refractivity (Wildman–Crippen MR) is 98.1 cm³/mol. The summed E-state index contributed by atoms with van der Waals surface area (Å²) in [6, 6.07) is 7.14. The van der Waals surface area contributed by atoms with Crippen LogP contribution in [0.25, 0.3) is 11.1 Å². The Labute approximate surface area is 166 Å². The molecule has 0 spiro atoms. The van der Waals surface area contributed by atoms with E-state index in [-0.39, 0.29) is 24.3 Å². The first-order chi connectivity index (χ1) is 13.9. The molecule has 1 fully saturated rings. The zero-order valence-electron chi connectivity index (χ0n) is 15.8. The highest BCUT2D eigenvalue weighted by Crippen LogP contribution is 2.30. The van der Waals surface area contributed by atoms with Crippen LogP contribution in [-0.4, -0.2) is 55.6 Å². The number of pyridine rings is 1. The largest absolute Gasteiger partial charge is 0.573 e. The summed E-state index contributed by atoms with van der Waals surface area (Å²) in [5, 5.41) is 0. The summed E-state index contributed by atoms with van der Waals surface area (Å²) in [6.45, 7) is 1.47. The molecule has 1 aromatic heterocycles. The van der Waals surface area contributed by atoms with Crippen LogP contribution in [0.4, 0.5) is 13.2 Å². The number of alkyl halides is 3. The van der Waals surface area contributed by atoms with Gasteiger partial charge in [-0.3, -0.25) is 9.78 Å². The highest BCUT2D eigenvalue weighted by atomic mass is 19.4. The maximum absolute atomic E-state index is 12.3. The molecule has 1 aliphatic heterocycles. The number of carbonyl (C=O) groups excluding carboxylic acids is 1. The fraction of sp³-hybridized carbons (Fsp3) is 0.400. The van der Waals surface area contributed by atoms with Gasteiger partial charge in [0.15, 0.2) is 0 Å². The average molecular weight is 410 g/mol. The third-order valence-electron chi connectivity index (χ3n) is 4.51. The van der Waals surface area contributed by atoms with Gasteiger partial charge in [-0.1, -0.05) is 12.1 Å². The lowest BCUT2D eigenvalue weighted by atomic mass is 10.0. The second-order valence-corrected chi connectivity index (χ2v) is 6.54. The van der Waals surface area contributed by atoms with E-state index in [1.165, 1.54) is 24.3 Å². The van der Waals surface area contributed by atoms with Gasteiger partial charge in [0.1, 0.15) is 12.4 Å². The maximum atomic E-state index is 12.3. The van der Waals surface area contributed by atoms with Crippen molar-refractivity contribution in [1.29, 1.82) is 0 Å². The van der Waals surface area contributed by atoms with Gasteiger partial charge in [-0.25, -0.2) is 0 Å². The standard InChI is InChI=1S/C20H21F3N2O4/c1-27-8-2-7-25-18(12-28-13-19(25)26)16-9-15(10-24-11-16)14-3-5-17(6-4-14)29-20(21,22)23/h3-6,9-11,18H,2,7-8,12-13H2,1H3. The summed E-state index contributed by atoms with van der Waals surface area (Å²) in [6.07, 6.45) is -0.750. The molecule has 1 unspecified atom stereocenters. The van der Waals surface area contributed by atoms with Crippen LogP contribution < -0.4 is 4.74 Å². The average Bonchev–Trinajstić information content (AvgIpc) is 2.69. The lowest BCUT2D eigenvalue weighted by Gasteiger charge is -2.35. The van der Waals surface area contributed by atoms with E-state index in [1.54, 1.807) is 24.4 Å². The lowest BCUT2D eigenvalue weighted by Crippen LogP contribution is -2.44. The number of nitrogens with zero attached hydrogens (tertiary/aromatic N) is 2. The minimum absolute atomic E-state index is 0.0390. The first-order valence-corrected chi connectivity index (χ1v) is 9.04. The SMILES string of the molecule is COCCCN1C(=O)COCC1c1cncc(-c2ccc(OC(F)(F)F)cc2)c1. The number of aromatic nitrogens is 1. The summed E-state index contributed by atoms with van der Waals surface area (Å²) >= 11 is 0. The summed E-state index contributed by atoms with van der Waals surface area (Å²) in [7, 11) is 1.61. The number of halogens is 3. The molecule has 1 atom stereocenters. The molecule has 0 radical (unpaired) electrons. The number of ether oxygens (including phenoxy) is 3. The van der Waals surface area contributed by atoms with E-state index >= 15 is 0 Å². The summed E-state index contributed by atoms with van der Waals surface area (Å²) in [5.74, 6) is -0.391. The first-order valence-electron chi connectivity index (χ1n) is 9.04. The van der Waals surface area contributed by atoms with E-state index in [4.69, 9.17) is 9.47 Å². The maximum Gasteiger partial charge on any atom is 0.573 e. The van der Waals surface area contributed by atoms with Crippen LogP contribution in [0.1, 0.15) is 18.0 Å². The van der Waals surface area contributed by atoms with E-state index in [1.807, 2.05) is 6.07 Å². The minimum Gasteiger partial charge on any atom is -0.406 e. The Bertz CT molecular complexity index is 827. The molecule has 3 rings (SSSR count). The van der Waals surface area contributed by atoms with Gasteiger partial charge in [0.05, 0.1) is 12.6 Å². The van der Waals surface area contributed by atoms with Gasteiger partial charge in [-0.15, -0.1) is 13.2 Å². The molecule has 0 saturated carbocycles. The quantitative estimate of drug-likeness (QED) is 0.653. The third kappa shape index (κ3) is 5.68. The summed E-state index contributed by atoms with van der Waals surface area (Å²) in [4.78, 5) is 18.3. The summed E-state index contributed by atoms with van der Waals surface area (Å²) in [5.41, 5.74) is 2.20. The first kappa shape index (κ1) is 21.1. The summed E-state index contributed by atoms with van der Waals surface area (Å²) < 4.78 is 51.3. The number of amides is 1. The van der Waals surface area contributed by atoms with E-state index in [9.17, 15) is 18.0 Å². The third-order valence-corrected chi connectivity index (χ3v) is 4.51. The molecule has 0 aliphatic carbocycles. The van der Waals surface area contributed by atoms with Crippen molar-refractivity contribution in [3.63, 3.8) is 0 Å². The molecule has 9 heteroatoms. The normalized spacial score (nSPS) is 17.4. The van der Waals surface area contributed by atoms with Crippen molar-refractivity contribution in [3.05, 3.63) is 48.3 Å². The van der Waals surface area contributed by atoms with Crippen molar-refractivity contribution in [2.75, 3.05) is 33.5 Å². The Morgan fingerprint density at radius 3 is 2.66 bits per heavy atom. The van der Waals surface area contributed by atoms with E-state index < -0.39 is 6.36 Å². The zero-order valence-corrected chi connectivity index (χ0v) is 15.8. The van der Waals surface area contributed by atoms with E-state index in [0.29, 0.717) is 31.7 Å². The zero-order chi connectivity index (χ0) is 20.9. The number of carbonyl (C=O) groups is 1. The highest BCUT2D eigenvalue weighted by molar-refractivity contribution is 5.78. The molecule has 156 valence electrons. The van der Waals surface area contributed by atoms with Crippen LogP contribution in [0.15, 0.2) is 42.7 Å². The molecular weight excluding hydrogens is 389 g/mol. The monoisotopic (exact) mass is 410 g/mol. The molecule has 1 amide bonds. The molecule has 0 bridgehead atoms. The van der Waals surface area contributed by atoms with Crippen LogP contribution in [0.3, 0.4) is 0 Å². The van der Waals surface area contributed by atoms with Gasteiger partial charge >= 0.3 is 6.36 Å². The minimum atomic E-state index is -4.73. The van der Waals surface area contributed by atoms with Crippen LogP contribution in [0.5, 0.6) is 5.75 Å². The van der Waals surface area contributed by atoms with Crippen LogP contribution in [-0.2, 0) is 14.3 Å². The molecule has 1 aliphatic rings. The molecular formula is C20H21F3N2O4. The molecule has 2 heterocycles. The Kier molecular flexibility index (Phi) is 6.71. The van der Waals surface area contributed by atoms with Crippen molar-refractivity contribution in [2.24, 2.45) is 0 Å². The molecule has 6 nitrogen and oxygen atoms in total. The molecule has 2 aromatic rings. The van der Waals surface area contributed by atoms with Crippen molar-refractivity contribution in [1.82, 2.24) is 9.88 Å². The lowest BCUT2D eigenvalue weighted by molar-refractivity contribution is -0.274. The van der Waals surface area contributed by atoms with Gasteiger partial charge in [-0.05, 0) is 35.7 Å². The molecule has 1 aromatic carbocycles. The van der Waals surface area contributed by atoms with Crippen LogP contribution in [0.2, 0.25) is 0 Å². The number of benzene rings is 1. The Hall–Kier alpha value is -2.65. The van der Waals surface area contributed by atoms with Crippen molar-refractivity contribution in [2.45, 2.75) is 18.8 Å². The van der Waals surface area contributed by atoms with Crippen molar-refractivity contribution < 1.29 is 32.2 Å². The molecule has 29 heavy (non-hydrogen) atoms. The van der Waals surface area contributed by atoms with Gasteiger partial charge in [0, 0.05) is 38.2 Å². The Morgan fingerprint density at radius 1 is 1.21 bits per heavy atom. The van der Waals surface area contributed by atoms with Gasteiger partial charge in [0.25, 0.3) is 0 Å². The molecule has 0 N–H and O–H groups in total. The molecule has 1 saturated heterocycles. The second-order valence-electron chi connectivity index (χ2n) is 6.54. The van der Waals surface area contributed by atoms with Crippen molar-refractivity contribution >= 4 is 5.91 Å². The number of methoxy groups -OCH3 is 1. The van der Waals surface area contributed by atoms with E-state index in [2.05, 4.69) is 9.72 Å². The predicted octanol–water partition coefficient (Wildman–Crippen LogP) is 3.58. The van der Waals surface area contributed by atoms with Crippen molar-refractivity contribution in [3.8, 4) is 16.9 Å². The van der Waals surface area contributed by atoms with E-state index in [0.717, 1.165) is 11.1 Å². The van der Waals surface area contributed by atoms with Gasteiger partial charge in [-0.2, -0.15) is 0 Å². The van der Waals surface area contributed by atoms with Gasteiger partial charge in [0.2, 0.25) is 5.91 Å². The number of hydrogen-bond acceptors (Lipinski definition) is 5. The van der Waals surface area contributed by atoms with Gasteiger partial charge < -0.3 is 19.1 Å². The van der Waals surface area contributed by atoms with Crippen LogP contribution >= 0.6 is 0 Å². The fourth-order valence-electron chi connectivity index (χ4n) is 3.19.